The second-order valence-corrected chi connectivity index (χ2v) is 6.86. The quantitative estimate of drug-likeness (QED) is 0.306. The summed E-state index contributed by atoms with van der Waals surface area (Å²) in [5.41, 5.74) is 3.38. The average Bonchev–Trinajstić information content (AvgIpc) is 3.16. The van der Waals surface area contributed by atoms with E-state index in [1.165, 1.54) is 5.56 Å². The predicted octanol–water partition coefficient (Wildman–Crippen LogP) is 2.79. The summed E-state index contributed by atoms with van der Waals surface area (Å²) in [4.78, 5) is 21.4. The predicted molar refractivity (Wildman–Crippen MR) is 100 cm³/mol. The van der Waals surface area contributed by atoms with Gasteiger partial charge in [-0.25, -0.2) is 10.1 Å². The van der Waals surface area contributed by atoms with E-state index in [4.69, 9.17) is 4.84 Å². The molecule has 0 fully saturated rings. The van der Waals surface area contributed by atoms with Gasteiger partial charge in [0, 0.05) is 6.54 Å². The van der Waals surface area contributed by atoms with Crippen molar-refractivity contribution in [1.82, 2.24) is 10.1 Å². The van der Waals surface area contributed by atoms with E-state index in [9.17, 15) is 10.0 Å². The van der Waals surface area contributed by atoms with Crippen LogP contribution in [0.1, 0.15) is 50.2 Å². The van der Waals surface area contributed by atoms with Gasteiger partial charge in [-0.15, -0.1) is 5.06 Å². The lowest BCUT2D eigenvalue weighted by Gasteiger charge is -2.28. The van der Waals surface area contributed by atoms with E-state index < -0.39 is 0 Å². The molecule has 1 aromatic rings. The number of anilines is 1. The van der Waals surface area contributed by atoms with Gasteiger partial charge in [-0.3, -0.25) is 10.0 Å². The number of hydroxylamine groups is 4. The minimum Gasteiger partial charge on any atom is -0.384 e. The van der Waals surface area contributed by atoms with Gasteiger partial charge in [-0.2, -0.15) is 0 Å². The van der Waals surface area contributed by atoms with Gasteiger partial charge in [0.25, 0.3) is 0 Å². The molecule has 0 aromatic heterocycles. The molecule has 7 nitrogen and oxygen atoms in total. The summed E-state index contributed by atoms with van der Waals surface area (Å²) < 4.78 is 0. The number of hydrogen-bond acceptors (Lipinski definition) is 6. The Bertz CT molecular complexity index is 650. The Kier molecular flexibility index (Phi) is 6.46. The van der Waals surface area contributed by atoms with Crippen molar-refractivity contribution in [2.45, 2.75) is 51.5 Å². The lowest BCUT2D eigenvalue weighted by molar-refractivity contribution is -0.165. The molecular formula is C19H28N4O3. The maximum absolute atomic E-state index is 10.8. The zero-order valence-electron chi connectivity index (χ0n) is 15.4. The molecule has 1 aromatic carbocycles. The molecule has 0 radical (unpaired) electrons. The van der Waals surface area contributed by atoms with Crippen molar-refractivity contribution < 1.29 is 14.8 Å². The molecule has 2 N–H and O–H groups in total. The second kappa shape index (κ2) is 9.00. The first-order chi connectivity index (χ1) is 12.7. The number of aliphatic imine (C=N–C) groups is 1. The summed E-state index contributed by atoms with van der Waals surface area (Å²) in [6, 6.07) is 6.11. The molecule has 0 bridgehead atoms. The van der Waals surface area contributed by atoms with Crippen molar-refractivity contribution in [3.05, 3.63) is 29.3 Å². The van der Waals surface area contributed by atoms with Gasteiger partial charge >= 0.3 is 0 Å². The summed E-state index contributed by atoms with van der Waals surface area (Å²) in [6.45, 7) is 3.72. The standard InChI is InChI=1S/C19H28N4O3/c1-2-3-4-9-16(12-22(25)14-24)23-13-21-19(26-23)17-10-5-7-15-8-6-11-20-18(15)17/h5,7,10,14,16,20,25H,2-4,6,8-9,11-13H2,1H3/t16-/m1/s1. The summed E-state index contributed by atoms with van der Waals surface area (Å²) >= 11 is 0. The molecule has 142 valence electrons. The van der Waals surface area contributed by atoms with Gasteiger partial charge in [0.1, 0.15) is 6.67 Å². The van der Waals surface area contributed by atoms with Gasteiger partial charge in [0.2, 0.25) is 12.3 Å². The van der Waals surface area contributed by atoms with Crippen LogP contribution in [-0.2, 0) is 16.1 Å². The van der Waals surface area contributed by atoms with Crippen molar-refractivity contribution in [1.29, 1.82) is 0 Å². The Hall–Kier alpha value is -2.12. The average molecular weight is 360 g/mol. The maximum Gasteiger partial charge on any atom is 0.244 e. The number of para-hydroxylation sites is 1. The highest BCUT2D eigenvalue weighted by Gasteiger charge is 2.29. The third-order valence-electron chi connectivity index (χ3n) is 4.93. The van der Waals surface area contributed by atoms with Crippen LogP contribution in [0.3, 0.4) is 0 Å². The highest BCUT2D eigenvalue weighted by Crippen LogP contribution is 2.29. The number of hydrogen-bond donors (Lipinski definition) is 2. The maximum atomic E-state index is 10.8. The van der Waals surface area contributed by atoms with Gasteiger partial charge in [0.15, 0.2) is 0 Å². The molecule has 0 aliphatic carbocycles. The lowest BCUT2D eigenvalue weighted by atomic mass is 9.99. The summed E-state index contributed by atoms with van der Waals surface area (Å²) in [7, 11) is 0. The molecule has 2 aliphatic heterocycles. The van der Waals surface area contributed by atoms with E-state index in [2.05, 4.69) is 23.3 Å². The first-order valence-corrected chi connectivity index (χ1v) is 9.49. The molecular weight excluding hydrogens is 332 g/mol. The van der Waals surface area contributed by atoms with Crippen LogP contribution in [0.15, 0.2) is 23.2 Å². The minimum atomic E-state index is -0.0921. The topological polar surface area (TPSA) is 77.4 Å². The van der Waals surface area contributed by atoms with Gasteiger partial charge in [0.05, 0.1) is 23.8 Å². The first kappa shape index (κ1) is 18.7. The van der Waals surface area contributed by atoms with Gasteiger partial charge < -0.3 is 10.2 Å². The SMILES string of the molecule is CCCCC[C@H](CN(O)C=O)N1CN=C(c2cccc3c2NCCC3)O1. The molecule has 0 saturated carbocycles. The van der Waals surface area contributed by atoms with Crippen LogP contribution >= 0.6 is 0 Å². The van der Waals surface area contributed by atoms with Crippen LogP contribution < -0.4 is 5.32 Å². The molecule has 0 unspecified atom stereocenters. The number of fused-ring (bicyclic) bond motifs is 1. The van der Waals surface area contributed by atoms with Crippen LogP contribution in [0.4, 0.5) is 5.69 Å². The van der Waals surface area contributed by atoms with Crippen LogP contribution in [0.25, 0.3) is 0 Å². The fraction of sp³-hybridized carbons (Fsp3) is 0.579. The number of carbonyl (C=O) groups is 1. The molecule has 0 spiro atoms. The summed E-state index contributed by atoms with van der Waals surface area (Å²) in [5, 5.41) is 15.5. The van der Waals surface area contributed by atoms with Crippen LogP contribution in [0.5, 0.6) is 0 Å². The number of nitrogens with one attached hydrogen (secondary N) is 1. The number of unbranched alkanes of at least 4 members (excludes halogenated alkanes) is 2. The fourth-order valence-corrected chi connectivity index (χ4v) is 3.53. The second-order valence-electron chi connectivity index (χ2n) is 6.86. The van der Waals surface area contributed by atoms with E-state index in [0.29, 0.717) is 24.0 Å². The van der Waals surface area contributed by atoms with E-state index in [-0.39, 0.29) is 12.6 Å². The molecule has 7 heteroatoms. The van der Waals surface area contributed by atoms with E-state index in [0.717, 1.165) is 56.3 Å². The number of amides is 1. The number of rotatable bonds is 9. The lowest BCUT2D eigenvalue weighted by Crippen LogP contribution is -2.41. The van der Waals surface area contributed by atoms with Gasteiger partial charge in [-0.1, -0.05) is 38.3 Å². The summed E-state index contributed by atoms with van der Waals surface area (Å²) in [6.07, 6.45) is 6.72. The third kappa shape index (κ3) is 4.34. The van der Waals surface area contributed by atoms with Crippen LogP contribution in [0, 0.1) is 0 Å². The molecule has 2 aliphatic rings. The molecule has 1 amide bonds. The Labute approximate surface area is 154 Å². The third-order valence-corrected chi connectivity index (χ3v) is 4.93. The number of carbonyl (C=O) groups excluding carboxylic acids is 1. The van der Waals surface area contributed by atoms with E-state index in [1.807, 2.05) is 12.1 Å². The number of nitrogens with zero attached hydrogens (tertiary/aromatic N) is 3. The number of benzene rings is 1. The highest BCUT2D eigenvalue weighted by molar-refractivity contribution is 6.00. The van der Waals surface area contributed by atoms with Crippen LogP contribution in [0.2, 0.25) is 0 Å². The zero-order chi connectivity index (χ0) is 18.4. The normalized spacial score (nSPS) is 17.7. The molecule has 2 heterocycles. The Balaban J connectivity index is 1.69. The van der Waals surface area contributed by atoms with Crippen molar-refractivity contribution in [2.75, 3.05) is 25.1 Å². The Morgan fingerprint density at radius 1 is 1.46 bits per heavy atom. The summed E-state index contributed by atoms with van der Waals surface area (Å²) in [5.74, 6) is 0.604. The molecule has 1 atom stereocenters. The van der Waals surface area contributed by atoms with Crippen molar-refractivity contribution >= 4 is 18.0 Å². The number of aryl methyl sites for hydroxylation is 1. The molecule has 0 saturated heterocycles. The zero-order valence-corrected chi connectivity index (χ0v) is 15.4. The Morgan fingerprint density at radius 2 is 2.35 bits per heavy atom. The monoisotopic (exact) mass is 360 g/mol. The molecule has 26 heavy (non-hydrogen) atoms. The molecule has 3 rings (SSSR count). The largest absolute Gasteiger partial charge is 0.384 e. The minimum absolute atomic E-state index is 0.0921. The van der Waals surface area contributed by atoms with Crippen molar-refractivity contribution in [3.8, 4) is 0 Å². The van der Waals surface area contributed by atoms with E-state index >= 15 is 0 Å². The van der Waals surface area contributed by atoms with Gasteiger partial charge in [-0.05, 0) is 30.9 Å². The first-order valence-electron chi connectivity index (χ1n) is 9.49. The fourth-order valence-electron chi connectivity index (χ4n) is 3.53. The smallest absolute Gasteiger partial charge is 0.244 e. The Morgan fingerprint density at radius 3 is 3.15 bits per heavy atom. The van der Waals surface area contributed by atoms with E-state index in [1.54, 1.807) is 5.06 Å². The van der Waals surface area contributed by atoms with Crippen molar-refractivity contribution in [3.63, 3.8) is 0 Å². The highest BCUT2D eigenvalue weighted by atomic mass is 16.7. The van der Waals surface area contributed by atoms with Crippen LogP contribution in [-0.4, -0.2) is 53.4 Å². The van der Waals surface area contributed by atoms with Crippen molar-refractivity contribution in [2.24, 2.45) is 4.99 Å².